The van der Waals surface area contributed by atoms with Crippen LogP contribution in [0.4, 0.5) is 0 Å². The van der Waals surface area contributed by atoms with Crippen molar-refractivity contribution in [3.63, 3.8) is 0 Å². The molecule has 1 aromatic carbocycles. The molecular formula is C13H20O. The summed E-state index contributed by atoms with van der Waals surface area (Å²) in [6.07, 6.45) is 2.50. The molecule has 0 aromatic heterocycles. The third kappa shape index (κ3) is 2.50. The van der Waals surface area contributed by atoms with Gasteiger partial charge in [-0.05, 0) is 37.8 Å². The lowest BCUT2D eigenvalue weighted by Crippen LogP contribution is -2.14. The summed E-state index contributed by atoms with van der Waals surface area (Å²) in [5.41, 5.74) is 2.47. The first-order valence-corrected chi connectivity index (χ1v) is 5.41. The molecule has 0 atom stereocenters. The zero-order valence-electron chi connectivity index (χ0n) is 9.63. The van der Waals surface area contributed by atoms with Gasteiger partial charge in [0, 0.05) is 0 Å². The molecule has 1 heteroatoms. The Morgan fingerprint density at radius 2 is 1.57 bits per heavy atom. The van der Waals surface area contributed by atoms with Crippen molar-refractivity contribution in [1.82, 2.24) is 0 Å². The van der Waals surface area contributed by atoms with Crippen molar-refractivity contribution in [1.29, 1.82) is 0 Å². The third-order valence-electron chi connectivity index (χ3n) is 2.60. The second-order valence-electron chi connectivity index (χ2n) is 3.78. The molecule has 0 radical (unpaired) electrons. The third-order valence-corrected chi connectivity index (χ3v) is 2.60. The van der Waals surface area contributed by atoms with E-state index in [1.165, 1.54) is 11.1 Å². The van der Waals surface area contributed by atoms with Gasteiger partial charge in [0.25, 0.3) is 0 Å². The molecule has 1 nitrogen and oxygen atoms in total. The van der Waals surface area contributed by atoms with E-state index in [-0.39, 0.29) is 0 Å². The standard InChI is InChI=1S/C13H20O/c1-5-12(6-2)14-13-10(3)8-7-9-11(13)4/h7-9,12H,5-6H2,1-4H3. The van der Waals surface area contributed by atoms with Crippen LogP contribution >= 0.6 is 0 Å². The van der Waals surface area contributed by atoms with Crippen LogP contribution in [0.2, 0.25) is 0 Å². The summed E-state index contributed by atoms with van der Waals surface area (Å²) in [4.78, 5) is 0. The SMILES string of the molecule is CCC(CC)Oc1c(C)cccc1C. The first kappa shape index (κ1) is 11.1. The topological polar surface area (TPSA) is 9.23 Å². The van der Waals surface area contributed by atoms with Gasteiger partial charge in [0.15, 0.2) is 0 Å². The molecule has 1 rings (SSSR count). The minimum atomic E-state index is 0.356. The number of aryl methyl sites for hydroxylation is 2. The van der Waals surface area contributed by atoms with Crippen molar-refractivity contribution in [3.05, 3.63) is 29.3 Å². The van der Waals surface area contributed by atoms with E-state index >= 15 is 0 Å². The van der Waals surface area contributed by atoms with Gasteiger partial charge < -0.3 is 4.74 Å². The Balaban J connectivity index is 2.84. The molecule has 0 N–H and O–H groups in total. The molecule has 0 saturated heterocycles. The van der Waals surface area contributed by atoms with Crippen LogP contribution in [0.15, 0.2) is 18.2 Å². The van der Waals surface area contributed by atoms with E-state index in [9.17, 15) is 0 Å². The largest absolute Gasteiger partial charge is 0.490 e. The molecule has 0 saturated carbocycles. The lowest BCUT2D eigenvalue weighted by Gasteiger charge is -2.19. The summed E-state index contributed by atoms with van der Waals surface area (Å²) < 4.78 is 5.97. The van der Waals surface area contributed by atoms with Crippen molar-refractivity contribution in [2.45, 2.75) is 46.6 Å². The van der Waals surface area contributed by atoms with Crippen LogP contribution in [-0.2, 0) is 0 Å². The Morgan fingerprint density at radius 1 is 1.07 bits per heavy atom. The summed E-state index contributed by atoms with van der Waals surface area (Å²) in [7, 11) is 0. The molecule has 0 fully saturated rings. The number of ether oxygens (including phenoxy) is 1. The smallest absolute Gasteiger partial charge is 0.125 e. The summed E-state index contributed by atoms with van der Waals surface area (Å²) in [6, 6.07) is 6.28. The Hall–Kier alpha value is -0.980. The van der Waals surface area contributed by atoms with E-state index in [0.717, 1.165) is 18.6 Å². The van der Waals surface area contributed by atoms with Gasteiger partial charge in [-0.2, -0.15) is 0 Å². The molecule has 78 valence electrons. The van der Waals surface area contributed by atoms with E-state index in [4.69, 9.17) is 4.74 Å². The van der Waals surface area contributed by atoms with E-state index in [0.29, 0.717) is 6.10 Å². The second kappa shape index (κ2) is 5.04. The molecule has 0 spiro atoms. The quantitative estimate of drug-likeness (QED) is 0.703. The van der Waals surface area contributed by atoms with Crippen molar-refractivity contribution in [3.8, 4) is 5.75 Å². The van der Waals surface area contributed by atoms with Gasteiger partial charge in [-0.1, -0.05) is 32.0 Å². The Kier molecular flexibility index (Phi) is 3.99. The minimum absolute atomic E-state index is 0.356. The number of hydrogen-bond donors (Lipinski definition) is 0. The first-order valence-electron chi connectivity index (χ1n) is 5.41. The Bertz CT molecular complexity index is 267. The fourth-order valence-corrected chi connectivity index (χ4v) is 1.61. The fourth-order valence-electron chi connectivity index (χ4n) is 1.61. The molecule has 0 bridgehead atoms. The van der Waals surface area contributed by atoms with Crippen LogP contribution in [0, 0.1) is 13.8 Å². The summed E-state index contributed by atoms with van der Waals surface area (Å²) in [5.74, 6) is 1.07. The van der Waals surface area contributed by atoms with E-state index in [1.807, 2.05) is 0 Å². The average molecular weight is 192 g/mol. The lowest BCUT2D eigenvalue weighted by molar-refractivity contribution is 0.190. The van der Waals surface area contributed by atoms with Crippen LogP contribution in [0.1, 0.15) is 37.8 Å². The highest BCUT2D eigenvalue weighted by Crippen LogP contribution is 2.24. The fraction of sp³-hybridized carbons (Fsp3) is 0.538. The molecule has 0 heterocycles. The Morgan fingerprint density at radius 3 is 2.00 bits per heavy atom. The van der Waals surface area contributed by atoms with Crippen LogP contribution < -0.4 is 4.74 Å². The normalized spacial score (nSPS) is 10.6. The molecular weight excluding hydrogens is 172 g/mol. The highest BCUT2D eigenvalue weighted by Gasteiger charge is 2.08. The van der Waals surface area contributed by atoms with Crippen LogP contribution in [-0.4, -0.2) is 6.10 Å². The predicted molar refractivity (Wildman–Crippen MR) is 60.9 cm³/mol. The monoisotopic (exact) mass is 192 g/mol. The molecule has 0 amide bonds. The van der Waals surface area contributed by atoms with E-state index < -0.39 is 0 Å². The van der Waals surface area contributed by atoms with E-state index in [2.05, 4.69) is 45.9 Å². The van der Waals surface area contributed by atoms with Gasteiger partial charge in [0.1, 0.15) is 5.75 Å². The highest BCUT2D eigenvalue weighted by molar-refractivity contribution is 5.39. The van der Waals surface area contributed by atoms with Crippen molar-refractivity contribution in [2.24, 2.45) is 0 Å². The van der Waals surface area contributed by atoms with Crippen molar-refractivity contribution < 1.29 is 4.74 Å². The molecule has 14 heavy (non-hydrogen) atoms. The van der Waals surface area contributed by atoms with E-state index in [1.54, 1.807) is 0 Å². The van der Waals surface area contributed by atoms with Gasteiger partial charge >= 0.3 is 0 Å². The number of hydrogen-bond acceptors (Lipinski definition) is 1. The van der Waals surface area contributed by atoms with Crippen LogP contribution in [0.5, 0.6) is 5.75 Å². The lowest BCUT2D eigenvalue weighted by atomic mass is 10.1. The molecule has 0 aliphatic heterocycles. The van der Waals surface area contributed by atoms with Crippen molar-refractivity contribution >= 4 is 0 Å². The zero-order valence-corrected chi connectivity index (χ0v) is 9.63. The number of rotatable bonds is 4. The molecule has 0 aliphatic rings. The molecule has 0 aliphatic carbocycles. The summed E-state index contributed by atoms with van der Waals surface area (Å²) >= 11 is 0. The van der Waals surface area contributed by atoms with Gasteiger partial charge in [0.2, 0.25) is 0 Å². The molecule has 1 aromatic rings. The minimum Gasteiger partial charge on any atom is -0.490 e. The van der Waals surface area contributed by atoms with Gasteiger partial charge in [0.05, 0.1) is 6.10 Å². The number of para-hydroxylation sites is 1. The van der Waals surface area contributed by atoms with Crippen molar-refractivity contribution in [2.75, 3.05) is 0 Å². The maximum atomic E-state index is 5.97. The van der Waals surface area contributed by atoms with Crippen LogP contribution in [0.3, 0.4) is 0 Å². The van der Waals surface area contributed by atoms with Gasteiger partial charge in [-0.3, -0.25) is 0 Å². The highest BCUT2D eigenvalue weighted by atomic mass is 16.5. The average Bonchev–Trinajstić information content (AvgIpc) is 2.18. The zero-order chi connectivity index (χ0) is 10.6. The summed E-state index contributed by atoms with van der Waals surface area (Å²) in [6.45, 7) is 8.54. The van der Waals surface area contributed by atoms with Crippen LogP contribution in [0.25, 0.3) is 0 Å². The Labute approximate surface area is 87.1 Å². The number of benzene rings is 1. The first-order chi connectivity index (χ1) is 6.69. The maximum absolute atomic E-state index is 5.97. The second-order valence-corrected chi connectivity index (χ2v) is 3.78. The summed E-state index contributed by atoms with van der Waals surface area (Å²) in [5, 5.41) is 0. The maximum Gasteiger partial charge on any atom is 0.125 e. The predicted octanol–water partition coefficient (Wildman–Crippen LogP) is 3.87. The van der Waals surface area contributed by atoms with Gasteiger partial charge in [-0.15, -0.1) is 0 Å². The molecule has 0 unspecified atom stereocenters. The van der Waals surface area contributed by atoms with Gasteiger partial charge in [-0.25, -0.2) is 0 Å².